The van der Waals surface area contributed by atoms with Crippen LogP contribution in [0.25, 0.3) is 0 Å². The van der Waals surface area contributed by atoms with E-state index < -0.39 is 11.9 Å². The fourth-order valence-corrected chi connectivity index (χ4v) is 0.588. The van der Waals surface area contributed by atoms with Gasteiger partial charge in [-0.2, -0.15) is 0 Å². The summed E-state index contributed by atoms with van der Waals surface area (Å²) in [6.07, 6.45) is 1.15. The molecular formula is C8H13O4. The lowest BCUT2D eigenvalue weighted by Gasteiger charge is -2.00. The summed E-state index contributed by atoms with van der Waals surface area (Å²) in [5.74, 6) is -0.892. The quantitative estimate of drug-likeness (QED) is 0.574. The van der Waals surface area contributed by atoms with E-state index in [1.807, 2.05) is 0 Å². The predicted molar refractivity (Wildman–Crippen MR) is 42.2 cm³/mol. The zero-order valence-corrected chi connectivity index (χ0v) is 7.33. The molecule has 0 aliphatic rings. The highest BCUT2D eigenvalue weighted by Crippen LogP contribution is 1.93. The van der Waals surface area contributed by atoms with Gasteiger partial charge in [0.25, 0.3) is 0 Å². The summed E-state index contributed by atoms with van der Waals surface area (Å²) in [6, 6.07) is 0. The second-order valence-electron chi connectivity index (χ2n) is 1.97. The molecule has 0 saturated heterocycles. The standard InChI is InChI=1S/C8H13O4/c1-3-11-7(9)5-6-8(10)12-4-2/h5H,3-4,6H2,1-2H3. The van der Waals surface area contributed by atoms with E-state index in [0.717, 1.165) is 0 Å². The largest absolute Gasteiger partial charge is 0.466 e. The zero-order chi connectivity index (χ0) is 9.40. The van der Waals surface area contributed by atoms with Crippen molar-refractivity contribution in [3.8, 4) is 0 Å². The molecule has 4 nitrogen and oxygen atoms in total. The van der Waals surface area contributed by atoms with Crippen LogP contribution in [0.15, 0.2) is 0 Å². The minimum absolute atomic E-state index is 0.0212. The third-order valence-corrected chi connectivity index (χ3v) is 1.03. The Hall–Kier alpha value is -1.06. The van der Waals surface area contributed by atoms with Crippen LogP contribution in [-0.2, 0) is 19.1 Å². The second-order valence-corrected chi connectivity index (χ2v) is 1.97. The topological polar surface area (TPSA) is 52.6 Å². The van der Waals surface area contributed by atoms with Crippen LogP contribution in [0.2, 0.25) is 0 Å². The van der Waals surface area contributed by atoms with Gasteiger partial charge >= 0.3 is 11.9 Å². The van der Waals surface area contributed by atoms with Crippen LogP contribution in [0.5, 0.6) is 0 Å². The predicted octanol–water partition coefficient (Wildman–Crippen LogP) is 0.707. The molecule has 0 aromatic carbocycles. The fourth-order valence-electron chi connectivity index (χ4n) is 0.588. The van der Waals surface area contributed by atoms with Gasteiger partial charge in [-0.25, -0.2) is 0 Å². The Morgan fingerprint density at radius 2 is 1.75 bits per heavy atom. The van der Waals surface area contributed by atoms with Crippen LogP contribution in [-0.4, -0.2) is 25.2 Å². The van der Waals surface area contributed by atoms with Crippen LogP contribution in [0.3, 0.4) is 0 Å². The van der Waals surface area contributed by atoms with Crippen LogP contribution < -0.4 is 0 Å². The number of ether oxygens (including phenoxy) is 2. The summed E-state index contributed by atoms with van der Waals surface area (Å²) in [5.41, 5.74) is 0. The van der Waals surface area contributed by atoms with Crippen molar-refractivity contribution in [1.29, 1.82) is 0 Å². The molecule has 69 valence electrons. The first kappa shape index (κ1) is 10.9. The van der Waals surface area contributed by atoms with Crippen LogP contribution in [0.1, 0.15) is 20.3 Å². The monoisotopic (exact) mass is 173 g/mol. The Balaban J connectivity index is 3.40. The van der Waals surface area contributed by atoms with Crippen molar-refractivity contribution in [3.63, 3.8) is 0 Å². The molecule has 12 heavy (non-hydrogen) atoms. The highest BCUT2D eigenvalue weighted by molar-refractivity contribution is 5.85. The van der Waals surface area contributed by atoms with Crippen molar-refractivity contribution in [2.24, 2.45) is 0 Å². The van der Waals surface area contributed by atoms with Gasteiger partial charge < -0.3 is 9.47 Å². The van der Waals surface area contributed by atoms with E-state index in [-0.39, 0.29) is 6.42 Å². The van der Waals surface area contributed by atoms with Crippen molar-refractivity contribution in [2.75, 3.05) is 13.2 Å². The number of carbonyl (C=O) groups excluding carboxylic acids is 2. The van der Waals surface area contributed by atoms with E-state index in [0.29, 0.717) is 13.2 Å². The van der Waals surface area contributed by atoms with Crippen molar-refractivity contribution in [2.45, 2.75) is 20.3 Å². The van der Waals surface area contributed by atoms with Crippen molar-refractivity contribution in [1.82, 2.24) is 0 Å². The van der Waals surface area contributed by atoms with E-state index in [2.05, 4.69) is 9.47 Å². The highest BCUT2D eigenvalue weighted by atomic mass is 16.5. The molecule has 0 bridgehead atoms. The first-order valence-corrected chi connectivity index (χ1v) is 3.86. The number of rotatable bonds is 5. The molecule has 0 unspecified atom stereocenters. The van der Waals surface area contributed by atoms with E-state index in [1.54, 1.807) is 13.8 Å². The summed E-state index contributed by atoms with van der Waals surface area (Å²) in [4.78, 5) is 21.4. The molecule has 0 aromatic rings. The van der Waals surface area contributed by atoms with Gasteiger partial charge in [0, 0.05) is 0 Å². The fraction of sp³-hybridized carbons (Fsp3) is 0.625. The van der Waals surface area contributed by atoms with Crippen LogP contribution in [0.4, 0.5) is 0 Å². The van der Waals surface area contributed by atoms with Gasteiger partial charge in [0.1, 0.15) is 0 Å². The van der Waals surface area contributed by atoms with E-state index in [1.165, 1.54) is 6.42 Å². The highest BCUT2D eigenvalue weighted by Gasteiger charge is 2.07. The second kappa shape index (κ2) is 6.64. The molecule has 0 atom stereocenters. The molecule has 0 rings (SSSR count). The number of carbonyl (C=O) groups is 2. The lowest BCUT2D eigenvalue weighted by atomic mass is 10.3. The summed E-state index contributed by atoms with van der Waals surface area (Å²) < 4.78 is 9.16. The van der Waals surface area contributed by atoms with Crippen molar-refractivity contribution >= 4 is 11.9 Å². The normalized spacial score (nSPS) is 9.17. The van der Waals surface area contributed by atoms with Gasteiger partial charge in [0.15, 0.2) is 0 Å². The van der Waals surface area contributed by atoms with Gasteiger partial charge in [0.05, 0.1) is 26.1 Å². The summed E-state index contributed by atoms with van der Waals surface area (Å²) in [6.45, 7) is 4.06. The van der Waals surface area contributed by atoms with Crippen molar-refractivity contribution < 1.29 is 19.1 Å². The minimum atomic E-state index is -0.481. The molecule has 0 spiro atoms. The maximum atomic E-state index is 10.7. The van der Waals surface area contributed by atoms with E-state index in [9.17, 15) is 9.59 Å². The van der Waals surface area contributed by atoms with Gasteiger partial charge in [-0.1, -0.05) is 0 Å². The first-order valence-electron chi connectivity index (χ1n) is 3.86. The maximum absolute atomic E-state index is 10.7. The first-order chi connectivity index (χ1) is 5.70. The molecule has 0 fully saturated rings. The summed E-state index contributed by atoms with van der Waals surface area (Å²) in [7, 11) is 0. The molecule has 0 aromatic heterocycles. The summed E-state index contributed by atoms with van der Waals surface area (Å²) in [5, 5.41) is 0. The SMILES string of the molecule is CCOC(=O)[CH]CC(=O)OCC. The Morgan fingerprint density at radius 1 is 1.17 bits per heavy atom. The Labute approximate surface area is 71.8 Å². The minimum Gasteiger partial charge on any atom is -0.466 e. The molecule has 0 heterocycles. The molecule has 4 heteroatoms. The maximum Gasteiger partial charge on any atom is 0.310 e. The van der Waals surface area contributed by atoms with Gasteiger partial charge in [0.2, 0.25) is 0 Å². The smallest absolute Gasteiger partial charge is 0.310 e. The molecule has 0 saturated carbocycles. The molecule has 0 aliphatic carbocycles. The van der Waals surface area contributed by atoms with Crippen LogP contribution >= 0.6 is 0 Å². The lowest BCUT2D eigenvalue weighted by molar-refractivity contribution is -0.146. The average molecular weight is 173 g/mol. The zero-order valence-electron chi connectivity index (χ0n) is 7.33. The molecule has 0 amide bonds. The van der Waals surface area contributed by atoms with Crippen molar-refractivity contribution in [3.05, 3.63) is 6.42 Å². The van der Waals surface area contributed by atoms with Gasteiger partial charge in [-0.15, -0.1) is 0 Å². The third kappa shape index (κ3) is 5.70. The lowest BCUT2D eigenvalue weighted by Crippen LogP contribution is -2.10. The number of esters is 2. The molecular weight excluding hydrogens is 160 g/mol. The molecule has 1 radical (unpaired) electrons. The average Bonchev–Trinajstić information content (AvgIpc) is 2.02. The van der Waals surface area contributed by atoms with E-state index in [4.69, 9.17) is 0 Å². The van der Waals surface area contributed by atoms with Crippen LogP contribution in [0, 0.1) is 6.42 Å². The van der Waals surface area contributed by atoms with Gasteiger partial charge in [-0.3, -0.25) is 9.59 Å². The summed E-state index contributed by atoms with van der Waals surface area (Å²) >= 11 is 0. The third-order valence-electron chi connectivity index (χ3n) is 1.03. The molecule has 0 aliphatic heterocycles. The number of hydrogen-bond acceptors (Lipinski definition) is 4. The Kier molecular flexibility index (Phi) is 6.05. The Morgan fingerprint density at radius 3 is 2.25 bits per heavy atom. The number of hydrogen-bond donors (Lipinski definition) is 0. The van der Waals surface area contributed by atoms with Gasteiger partial charge in [-0.05, 0) is 13.8 Å². The Bertz CT molecular complexity index is 135. The molecule has 0 N–H and O–H groups in total. The van der Waals surface area contributed by atoms with E-state index >= 15 is 0 Å².